The molecule has 1 fully saturated rings. The molecule has 0 saturated heterocycles. The van der Waals surface area contributed by atoms with E-state index in [-0.39, 0.29) is 0 Å². The van der Waals surface area contributed by atoms with Crippen molar-refractivity contribution in [3.63, 3.8) is 0 Å². The molecule has 1 aliphatic rings. The number of thioether (sulfide) groups is 1. The van der Waals surface area contributed by atoms with E-state index in [0.717, 1.165) is 18.6 Å². The van der Waals surface area contributed by atoms with Gasteiger partial charge >= 0.3 is 0 Å². The highest BCUT2D eigenvalue weighted by atomic mass is 32.2. The van der Waals surface area contributed by atoms with Crippen molar-refractivity contribution >= 4 is 16.9 Å². The Morgan fingerprint density at radius 2 is 2.00 bits per heavy atom. The van der Waals surface area contributed by atoms with Crippen molar-refractivity contribution in [2.45, 2.75) is 51.9 Å². The summed E-state index contributed by atoms with van der Waals surface area (Å²) in [6, 6.07) is 0. The lowest BCUT2D eigenvalue weighted by molar-refractivity contribution is -0.115. The second-order valence-corrected chi connectivity index (χ2v) is 4.96. The third-order valence-corrected chi connectivity index (χ3v) is 3.79. The molecule has 1 saturated carbocycles. The maximum Gasteiger partial charge on any atom is 0.192 e. The van der Waals surface area contributed by atoms with Gasteiger partial charge in [0.15, 0.2) is 5.12 Å². The zero-order valence-electron chi connectivity index (χ0n) is 8.55. The maximum absolute atomic E-state index is 11.6. The fourth-order valence-electron chi connectivity index (χ4n) is 1.77. The van der Waals surface area contributed by atoms with Gasteiger partial charge in [-0.05, 0) is 19.3 Å². The molecule has 0 atom stereocenters. The standard InChI is InChI=1S/C11H20OS/c1-2-3-9-13-11(12)10-7-5-4-6-8-10/h10H,2-9H2,1H3. The molecule has 0 amide bonds. The second-order valence-electron chi connectivity index (χ2n) is 3.86. The Bertz CT molecular complexity index is 150. The Kier molecular flexibility index (Phi) is 5.52. The average Bonchev–Trinajstić information content (AvgIpc) is 2.19. The summed E-state index contributed by atoms with van der Waals surface area (Å²) in [5, 5.41) is 0.466. The summed E-state index contributed by atoms with van der Waals surface area (Å²) in [5.41, 5.74) is 0. The van der Waals surface area contributed by atoms with E-state index in [9.17, 15) is 4.79 Å². The largest absolute Gasteiger partial charge is 0.287 e. The van der Waals surface area contributed by atoms with Crippen LogP contribution < -0.4 is 0 Å². The van der Waals surface area contributed by atoms with Gasteiger partial charge in [0.25, 0.3) is 0 Å². The Balaban J connectivity index is 2.13. The van der Waals surface area contributed by atoms with Gasteiger partial charge in [-0.2, -0.15) is 0 Å². The third kappa shape index (κ3) is 4.17. The van der Waals surface area contributed by atoms with Crippen molar-refractivity contribution in [2.24, 2.45) is 5.92 Å². The van der Waals surface area contributed by atoms with Crippen LogP contribution in [-0.2, 0) is 4.79 Å². The SMILES string of the molecule is CCCCSC(=O)C1CCCCC1. The molecule has 0 heterocycles. The van der Waals surface area contributed by atoms with Crippen molar-refractivity contribution in [3.05, 3.63) is 0 Å². The summed E-state index contributed by atoms with van der Waals surface area (Å²) in [5.74, 6) is 1.43. The zero-order chi connectivity index (χ0) is 9.52. The number of carbonyl (C=O) groups is 1. The molecular formula is C11H20OS. The van der Waals surface area contributed by atoms with Gasteiger partial charge < -0.3 is 0 Å². The molecule has 0 unspecified atom stereocenters. The van der Waals surface area contributed by atoms with Crippen LogP contribution in [0.5, 0.6) is 0 Å². The molecule has 2 heteroatoms. The van der Waals surface area contributed by atoms with E-state index < -0.39 is 0 Å². The molecule has 1 aliphatic carbocycles. The van der Waals surface area contributed by atoms with Crippen molar-refractivity contribution in [1.82, 2.24) is 0 Å². The highest BCUT2D eigenvalue weighted by Crippen LogP contribution is 2.28. The molecular weight excluding hydrogens is 180 g/mol. The van der Waals surface area contributed by atoms with E-state index in [1.165, 1.54) is 32.1 Å². The smallest absolute Gasteiger partial charge is 0.192 e. The first-order valence-electron chi connectivity index (χ1n) is 5.51. The zero-order valence-corrected chi connectivity index (χ0v) is 9.37. The van der Waals surface area contributed by atoms with Crippen LogP contribution in [0.25, 0.3) is 0 Å². The van der Waals surface area contributed by atoms with Gasteiger partial charge in [0.1, 0.15) is 0 Å². The Morgan fingerprint density at radius 1 is 1.31 bits per heavy atom. The van der Waals surface area contributed by atoms with Crippen LogP contribution in [0.15, 0.2) is 0 Å². The minimum Gasteiger partial charge on any atom is -0.287 e. The van der Waals surface area contributed by atoms with Gasteiger partial charge in [0.2, 0.25) is 0 Å². The molecule has 1 rings (SSSR count). The van der Waals surface area contributed by atoms with Crippen LogP contribution in [0, 0.1) is 5.92 Å². The summed E-state index contributed by atoms with van der Waals surface area (Å²) in [6.07, 6.45) is 8.56. The molecule has 0 aliphatic heterocycles. The van der Waals surface area contributed by atoms with Gasteiger partial charge in [-0.1, -0.05) is 44.4 Å². The average molecular weight is 200 g/mol. The minimum absolute atomic E-state index is 0.399. The first kappa shape index (κ1) is 11.1. The quantitative estimate of drug-likeness (QED) is 0.645. The van der Waals surface area contributed by atoms with Crippen LogP contribution in [0.3, 0.4) is 0 Å². The first-order valence-corrected chi connectivity index (χ1v) is 6.49. The number of hydrogen-bond acceptors (Lipinski definition) is 2. The van der Waals surface area contributed by atoms with Crippen LogP contribution >= 0.6 is 11.8 Å². The Morgan fingerprint density at radius 3 is 2.62 bits per heavy atom. The number of unbranched alkanes of at least 4 members (excludes halogenated alkanes) is 1. The third-order valence-electron chi connectivity index (χ3n) is 2.68. The Labute approximate surface area is 85.7 Å². The van der Waals surface area contributed by atoms with E-state index in [4.69, 9.17) is 0 Å². The van der Waals surface area contributed by atoms with E-state index in [0.29, 0.717) is 11.0 Å². The lowest BCUT2D eigenvalue weighted by atomic mass is 9.90. The number of hydrogen-bond donors (Lipinski definition) is 0. The normalized spacial score (nSPS) is 18.8. The van der Waals surface area contributed by atoms with Gasteiger partial charge in [-0.3, -0.25) is 4.79 Å². The lowest BCUT2D eigenvalue weighted by Crippen LogP contribution is -2.14. The summed E-state index contributed by atoms with van der Waals surface area (Å²) >= 11 is 1.57. The lowest BCUT2D eigenvalue weighted by Gasteiger charge is -2.19. The summed E-state index contributed by atoms with van der Waals surface area (Å²) in [7, 11) is 0. The summed E-state index contributed by atoms with van der Waals surface area (Å²) in [4.78, 5) is 11.6. The van der Waals surface area contributed by atoms with E-state index in [2.05, 4.69) is 6.92 Å². The highest BCUT2D eigenvalue weighted by Gasteiger charge is 2.20. The van der Waals surface area contributed by atoms with Gasteiger partial charge in [0.05, 0.1) is 0 Å². The molecule has 0 aromatic heterocycles. The highest BCUT2D eigenvalue weighted by molar-refractivity contribution is 8.13. The van der Waals surface area contributed by atoms with Crippen LogP contribution in [0.4, 0.5) is 0 Å². The van der Waals surface area contributed by atoms with Gasteiger partial charge in [-0.15, -0.1) is 0 Å². The van der Waals surface area contributed by atoms with E-state index >= 15 is 0 Å². The molecule has 1 nitrogen and oxygen atoms in total. The van der Waals surface area contributed by atoms with E-state index in [1.807, 2.05) is 0 Å². The molecule has 0 spiro atoms. The van der Waals surface area contributed by atoms with Crippen molar-refractivity contribution in [2.75, 3.05) is 5.75 Å². The maximum atomic E-state index is 11.6. The van der Waals surface area contributed by atoms with Gasteiger partial charge in [-0.25, -0.2) is 0 Å². The van der Waals surface area contributed by atoms with Crippen LogP contribution in [0.1, 0.15) is 51.9 Å². The van der Waals surface area contributed by atoms with Gasteiger partial charge in [0, 0.05) is 11.7 Å². The topological polar surface area (TPSA) is 17.1 Å². The van der Waals surface area contributed by atoms with Crippen molar-refractivity contribution < 1.29 is 4.79 Å². The molecule has 0 aromatic carbocycles. The fourth-order valence-corrected chi connectivity index (χ4v) is 2.88. The fraction of sp³-hybridized carbons (Fsp3) is 0.909. The minimum atomic E-state index is 0.399. The van der Waals surface area contributed by atoms with Crippen LogP contribution in [-0.4, -0.2) is 10.9 Å². The summed E-state index contributed by atoms with van der Waals surface area (Å²) in [6.45, 7) is 2.17. The number of carbonyl (C=O) groups excluding carboxylic acids is 1. The van der Waals surface area contributed by atoms with Crippen molar-refractivity contribution in [1.29, 1.82) is 0 Å². The molecule has 13 heavy (non-hydrogen) atoms. The first-order chi connectivity index (χ1) is 6.34. The van der Waals surface area contributed by atoms with Crippen molar-refractivity contribution in [3.8, 4) is 0 Å². The van der Waals surface area contributed by atoms with Crippen LogP contribution in [0.2, 0.25) is 0 Å². The predicted molar refractivity (Wildman–Crippen MR) is 58.9 cm³/mol. The molecule has 0 bridgehead atoms. The molecule has 0 N–H and O–H groups in total. The monoisotopic (exact) mass is 200 g/mol. The predicted octanol–water partition coefficient (Wildman–Crippen LogP) is 3.63. The Hall–Kier alpha value is 0.0200. The molecule has 0 radical (unpaired) electrons. The molecule has 76 valence electrons. The number of rotatable bonds is 4. The van der Waals surface area contributed by atoms with E-state index in [1.54, 1.807) is 11.8 Å². The second kappa shape index (κ2) is 6.47. The summed E-state index contributed by atoms with van der Waals surface area (Å²) < 4.78 is 0. The molecule has 0 aromatic rings.